The number of rotatable bonds is 22. The monoisotopic (exact) mass is 775 g/mol. The molecule has 1 saturated heterocycles. The van der Waals surface area contributed by atoms with Crippen LogP contribution in [-0.2, 0) is 49.6 Å². The Hall–Kier alpha value is -4.45. The molecule has 1 aromatic carbocycles. The van der Waals surface area contributed by atoms with Gasteiger partial charge in [0.2, 0.25) is 23.6 Å². The molecule has 2 rings (SSSR count). The van der Waals surface area contributed by atoms with Crippen LogP contribution >= 0.6 is 0 Å². The molecule has 0 aliphatic carbocycles. The average Bonchev–Trinajstić information content (AvgIpc) is 3.20. The Morgan fingerprint density at radius 2 is 1.27 bits per heavy atom. The zero-order chi connectivity index (χ0) is 40.9. The van der Waals surface area contributed by atoms with Crippen molar-refractivity contribution in [2.75, 3.05) is 90.5 Å². The van der Waals surface area contributed by atoms with E-state index in [0.29, 0.717) is 58.0 Å². The summed E-state index contributed by atoms with van der Waals surface area (Å²) in [5.41, 5.74) is 1.25. The Labute approximate surface area is 324 Å². The van der Waals surface area contributed by atoms with Crippen LogP contribution in [0.3, 0.4) is 0 Å². The van der Waals surface area contributed by atoms with Gasteiger partial charge in [0, 0.05) is 63.8 Å². The Bertz CT molecular complexity index is 1420. The number of hydrogen-bond donors (Lipinski definition) is 5. The van der Waals surface area contributed by atoms with Crippen molar-refractivity contribution in [2.24, 2.45) is 17.8 Å². The van der Waals surface area contributed by atoms with Gasteiger partial charge < -0.3 is 35.8 Å². The number of aliphatic carboxylic acids is 1. The number of hydrogen-bond acceptors (Lipinski definition) is 12. The molecule has 308 valence electrons. The number of carboxylic acids is 1. The van der Waals surface area contributed by atoms with Crippen LogP contribution in [0.1, 0.15) is 53.5 Å². The third-order valence-corrected chi connectivity index (χ3v) is 8.77. The highest BCUT2D eigenvalue weighted by Crippen LogP contribution is 2.12. The van der Waals surface area contributed by atoms with Crippen LogP contribution in [0.25, 0.3) is 0 Å². The minimum atomic E-state index is -0.985. The zero-order valence-electron chi connectivity index (χ0n) is 33.2. The minimum Gasteiger partial charge on any atom is -0.480 e. The van der Waals surface area contributed by atoms with Gasteiger partial charge in [0.1, 0.15) is 18.4 Å². The molecule has 0 spiro atoms. The van der Waals surface area contributed by atoms with Gasteiger partial charge >= 0.3 is 11.9 Å². The molecule has 1 heterocycles. The fourth-order valence-corrected chi connectivity index (χ4v) is 5.38. The van der Waals surface area contributed by atoms with Crippen molar-refractivity contribution in [1.82, 2.24) is 30.7 Å². The number of nitrogens with one attached hydrogen (secondary N) is 4. The Morgan fingerprint density at radius 1 is 0.709 bits per heavy atom. The number of ketones is 1. The van der Waals surface area contributed by atoms with Crippen molar-refractivity contribution < 1.29 is 48.1 Å². The number of Topliss-reactive ketones (excluding diaryl/α,β-unsaturated/α-hetero) is 1. The van der Waals surface area contributed by atoms with E-state index in [1.807, 2.05) is 23.6 Å². The summed E-state index contributed by atoms with van der Waals surface area (Å²) >= 11 is 0. The summed E-state index contributed by atoms with van der Waals surface area (Å²) in [6.07, 6.45) is 0.323. The number of ether oxygens (including phenoxy) is 2. The second kappa shape index (κ2) is 24.9. The van der Waals surface area contributed by atoms with Crippen molar-refractivity contribution in [3.05, 3.63) is 29.8 Å². The van der Waals surface area contributed by atoms with Gasteiger partial charge in [0.15, 0.2) is 0 Å². The fourth-order valence-electron chi connectivity index (χ4n) is 5.38. The van der Waals surface area contributed by atoms with E-state index in [9.17, 15) is 38.7 Å². The van der Waals surface area contributed by atoms with Gasteiger partial charge in [-0.25, -0.2) is 0 Å². The number of amides is 4. The van der Waals surface area contributed by atoms with Crippen molar-refractivity contribution in [2.45, 2.75) is 60.6 Å². The van der Waals surface area contributed by atoms with Crippen LogP contribution in [0.2, 0.25) is 0 Å². The highest BCUT2D eigenvalue weighted by atomic mass is 16.5. The van der Waals surface area contributed by atoms with Gasteiger partial charge in [-0.05, 0) is 23.6 Å². The SMILES string of the molecule is CC(C)C(=O)CCOCCNC(=O)CN1CCN(CC(=O)O)CCN(CC(=O)NC(C(=O)NCC(=O)Nc2ccc(COC(=O)C(C)C)cc2)C(C)C)CC1. The van der Waals surface area contributed by atoms with Gasteiger partial charge in [0.25, 0.3) is 0 Å². The Morgan fingerprint density at radius 3 is 1.80 bits per heavy atom. The van der Waals surface area contributed by atoms with E-state index >= 15 is 0 Å². The summed E-state index contributed by atoms with van der Waals surface area (Å²) in [7, 11) is 0. The molecule has 0 saturated carbocycles. The molecule has 1 aliphatic heterocycles. The average molecular weight is 776 g/mol. The van der Waals surface area contributed by atoms with E-state index in [0.717, 1.165) is 5.56 Å². The predicted octanol–water partition coefficient (Wildman–Crippen LogP) is 0.334. The van der Waals surface area contributed by atoms with Crippen LogP contribution in [0.5, 0.6) is 0 Å². The number of carboxylic acid groups (broad SMARTS) is 1. The van der Waals surface area contributed by atoms with Crippen molar-refractivity contribution in [3.63, 3.8) is 0 Å². The normalized spacial score (nSPS) is 15.1. The lowest BCUT2D eigenvalue weighted by Gasteiger charge is -2.27. The maximum absolute atomic E-state index is 13.3. The quantitative estimate of drug-likeness (QED) is 0.0795. The molecule has 5 N–H and O–H groups in total. The molecular formula is C38H61N7O10. The number of carbonyl (C=O) groups excluding carboxylic acids is 6. The maximum Gasteiger partial charge on any atom is 0.317 e. The molecule has 1 unspecified atom stereocenters. The molecular weight excluding hydrogens is 714 g/mol. The fraction of sp³-hybridized carbons (Fsp3) is 0.658. The third-order valence-electron chi connectivity index (χ3n) is 8.77. The molecule has 1 aliphatic rings. The topological polar surface area (TPSA) is 216 Å². The van der Waals surface area contributed by atoms with E-state index in [-0.39, 0.29) is 81.4 Å². The molecule has 4 amide bonds. The lowest BCUT2D eigenvalue weighted by Crippen LogP contribution is -2.53. The van der Waals surface area contributed by atoms with Crippen molar-refractivity contribution in [3.8, 4) is 0 Å². The van der Waals surface area contributed by atoms with Gasteiger partial charge in [-0.15, -0.1) is 0 Å². The summed E-state index contributed by atoms with van der Waals surface area (Å²) in [6.45, 7) is 13.6. The van der Waals surface area contributed by atoms with E-state index in [1.54, 1.807) is 56.9 Å². The molecule has 0 aromatic heterocycles. The number of anilines is 1. The number of esters is 1. The molecule has 0 radical (unpaired) electrons. The van der Waals surface area contributed by atoms with Gasteiger partial charge in [-0.1, -0.05) is 53.7 Å². The predicted molar refractivity (Wildman–Crippen MR) is 205 cm³/mol. The first-order valence-electron chi connectivity index (χ1n) is 18.9. The molecule has 0 bridgehead atoms. The molecule has 1 atom stereocenters. The van der Waals surface area contributed by atoms with Gasteiger partial charge in [-0.2, -0.15) is 0 Å². The van der Waals surface area contributed by atoms with Gasteiger partial charge in [-0.3, -0.25) is 48.3 Å². The summed E-state index contributed by atoms with van der Waals surface area (Å²) in [5, 5.41) is 20.3. The van der Waals surface area contributed by atoms with Crippen LogP contribution in [0.15, 0.2) is 24.3 Å². The van der Waals surface area contributed by atoms with Crippen LogP contribution in [0, 0.1) is 17.8 Å². The Balaban J connectivity index is 1.88. The van der Waals surface area contributed by atoms with Crippen LogP contribution < -0.4 is 21.3 Å². The Kier molecular flexibility index (Phi) is 21.1. The second-order valence-corrected chi connectivity index (χ2v) is 14.6. The molecule has 1 fully saturated rings. The lowest BCUT2D eigenvalue weighted by molar-refractivity contribution is -0.148. The molecule has 55 heavy (non-hydrogen) atoms. The largest absolute Gasteiger partial charge is 0.480 e. The molecule has 17 heteroatoms. The van der Waals surface area contributed by atoms with Crippen molar-refractivity contribution in [1.29, 1.82) is 0 Å². The first-order valence-corrected chi connectivity index (χ1v) is 18.9. The number of benzene rings is 1. The van der Waals surface area contributed by atoms with Gasteiger partial charge in [0.05, 0.1) is 45.3 Å². The molecule has 17 nitrogen and oxygen atoms in total. The number of nitrogens with zero attached hydrogens (tertiary/aromatic N) is 3. The van der Waals surface area contributed by atoms with E-state index in [4.69, 9.17) is 9.47 Å². The number of carbonyl (C=O) groups is 7. The summed E-state index contributed by atoms with van der Waals surface area (Å²) in [4.78, 5) is 92.2. The van der Waals surface area contributed by atoms with Crippen molar-refractivity contribution >= 4 is 47.0 Å². The smallest absolute Gasteiger partial charge is 0.317 e. The summed E-state index contributed by atoms with van der Waals surface area (Å²) in [5.74, 6) is -3.39. The second-order valence-electron chi connectivity index (χ2n) is 14.6. The molecule has 1 aromatic rings. The minimum absolute atomic E-state index is 0.0497. The lowest BCUT2D eigenvalue weighted by atomic mass is 10.0. The first-order chi connectivity index (χ1) is 26.0. The first kappa shape index (κ1) is 46.7. The van der Waals surface area contributed by atoms with Crippen LogP contribution in [0.4, 0.5) is 5.69 Å². The third kappa shape index (κ3) is 19.6. The van der Waals surface area contributed by atoms with E-state index < -0.39 is 29.7 Å². The highest BCUT2D eigenvalue weighted by molar-refractivity contribution is 5.96. The highest BCUT2D eigenvalue weighted by Gasteiger charge is 2.26. The zero-order valence-corrected chi connectivity index (χ0v) is 33.2. The van der Waals surface area contributed by atoms with E-state index in [1.165, 1.54) is 0 Å². The van der Waals surface area contributed by atoms with Crippen LogP contribution in [-0.4, -0.2) is 152 Å². The maximum atomic E-state index is 13.3. The summed E-state index contributed by atoms with van der Waals surface area (Å²) < 4.78 is 10.7. The standard InChI is InChI=1S/C38H61N7O10/c1-26(2)31(46)11-19-54-20-12-39-33(48)22-43-13-14-44(16-18-45(17-15-43)24-35(50)51)23-34(49)42-36(27(3)4)37(52)40-21-32(47)41-30-9-7-29(8-10-30)25-55-38(53)28(5)6/h7-10,26-28,36H,11-25H2,1-6H3,(H,39,48)(H,40,52)(H,41,47)(H,42,49)(H,50,51). The summed E-state index contributed by atoms with van der Waals surface area (Å²) in [6, 6.07) is 5.84. The van der Waals surface area contributed by atoms with E-state index in [2.05, 4.69) is 21.3 Å².